The second-order valence-electron chi connectivity index (χ2n) is 8.80. The largest absolute Gasteiger partial charge is 0.390 e. The van der Waals surface area contributed by atoms with Gasteiger partial charge in [-0.1, -0.05) is 32.0 Å². The molecule has 184 valence electrons. The van der Waals surface area contributed by atoms with Crippen LogP contribution in [0.3, 0.4) is 0 Å². The third-order valence-electron chi connectivity index (χ3n) is 5.46. The molecule has 7 N–H and O–H groups in total. The zero-order valence-corrected chi connectivity index (χ0v) is 19.3. The number of nitrogens with two attached hydrogens (primary N) is 1. The van der Waals surface area contributed by atoms with Crippen molar-refractivity contribution in [2.75, 3.05) is 5.75 Å². The highest BCUT2D eigenvalue weighted by Crippen LogP contribution is 2.30. The monoisotopic (exact) mass is 485 g/mol. The lowest BCUT2D eigenvalue weighted by Gasteiger charge is -2.41. The van der Waals surface area contributed by atoms with Crippen LogP contribution < -0.4 is 16.4 Å². The van der Waals surface area contributed by atoms with Gasteiger partial charge in [0.2, 0.25) is 11.8 Å². The molecule has 0 saturated heterocycles. The smallest absolute Gasteiger partial charge is 0.252 e. The molecule has 0 spiro atoms. The molecule has 1 aromatic carbocycles. The fourth-order valence-corrected chi connectivity index (χ4v) is 4.93. The SMILES string of the molecule is CC(C)C[C@@H](NC(=O)[C@]1(O)C[C@@H](O)[C@H](O)[C@@H](NC(=O)CS(=O)(=O)c2ccccc2)C1)C(N)=O. The molecule has 33 heavy (non-hydrogen) atoms. The number of rotatable bonds is 9. The highest BCUT2D eigenvalue weighted by Gasteiger charge is 2.49. The Morgan fingerprint density at radius 2 is 1.76 bits per heavy atom. The van der Waals surface area contributed by atoms with E-state index in [9.17, 15) is 38.1 Å². The summed E-state index contributed by atoms with van der Waals surface area (Å²) in [6, 6.07) is 4.91. The van der Waals surface area contributed by atoms with Crippen molar-refractivity contribution < 1.29 is 38.1 Å². The molecule has 0 radical (unpaired) electrons. The molecule has 11 nitrogen and oxygen atoms in total. The molecule has 5 atom stereocenters. The van der Waals surface area contributed by atoms with Crippen LogP contribution in [0.2, 0.25) is 0 Å². The molecule has 1 fully saturated rings. The molecular formula is C21H31N3O8S. The molecule has 0 bridgehead atoms. The summed E-state index contributed by atoms with van der Waals surface area (Å²) in [4.78, 5) is 36.7. The molecule has 1 aliphatic carbocycles. The summed E-state index contributed by atoms with van der Waals surface area (Å²) in [7, 11) is -3.97. The Morgan fingerprint density at radius 3 is 2.30 bits per heavy atom. The van der Waals surface area contributed by atoms with Crippen LogP contribution in [0.4, 0.5) is 0 Å². The van der Waals surface area contributed by atoms with Crippen LogP contribution in [0.25, 0.3) is 0 Å². The number of aliphatic hydroxyl groups excluding tert-OH is 2. The van der Waals surface area contributed by atoms with Crippen molar-refractivity contribution in [1.29, 1.82) is 0 Å². The number of carbonyl (C=O) groups is 3. The van der Waals surface area contributed by atoms with E-state index in [0.717, 1.165) is 0 Å². The molecule has 1 aliphatic rings. The molecule has 1 saturated carbocycles. The summed E-state index contributed by atoms with van der Waals surface area (Å²) in [5, 5.41) is 36.0. The van der Waals surface area contributed by atoms with Crippen molar-refractivity contribution in [2.24, 2.45) is 11.7 Å². The van der Waals surface area contributed by atoms with E-state index in [2.05, 4.69) is 10.6 Å². The maximum absolute atomic E-state index is 12.7. The summed E-state index contributed by atoms with van der Waals surface area (Å²) < 4.78 is 24.8. The minimum atomic E-state index is -3.97. The zero-order valence-electron chi connectivity index (χ0n) is 18.5. The van der Waals surface area contributed by atoms with Crippen LogP contribution in [0.15, 0.2) is 35.2 Å². The lowest BCUT2D eigenvalue weighted by molar-refractivity contribution is -0.160. The van der Waals surface area contributed by atoms with E-state index in [1.165, 1.54) is 24.3 Å². The highest BCUT2D eigenvalue weighted by molar-refractivity contribution is 7.92. The number of hydrogen-bond donors (Lipinski definition) is 6. The average molecular weight is 486 g/mol. The first kappa shape index (κ1) is 26.7. The Balaban J connectivity index is 2.12. The summed E-state index contributed by atoms with van der Waals surface area (Å²) >= 11 is 0. The molecule has 3 amide bonds. The van der Waals surface area contributed by atoms with Gasteiger partial charge in [-0.3, -0.25) is 14.4 Å². The fourth-order valence-electron chi connectivity index (χ4n) is 3.77. The van der Waals surface area contributed by atoms with Crippen LogP contribution in [-0.2, 0) is 24.2 Å². The summed E-state index contributed by atoms with van der Waals surface area (Å²) in [5.74, 6) is -3.69. The van der Waals surface area contributed by atoms with Crippen LogP contribution in [0.1, 0.15) is 33.1 Å². The van der Waals surface area contributed by atoms with Crippen molar-refractivity contribution in [2.45, 2.75) is 67.9 Å². The van der Waals surface area contributed by atoms with Crippen LogP contribution in [0.5, 0.6) is 0 Å². The molecule has 2 rings (SSSR count). The second-order valence-corrected chi connectivity index (χ2v) is 10.8. The summed E-state index contributed by atoms with van der Waals surface area (Å²) in [5.41, 5.74) is 3.08. The van der Waals surface area contributed by atoms with Crippen molar-refractivity contribution in [3.8, 4) is 0 Å². The number of carbonyl (C=O) groups excluding carboxylic acids is 3. The lowest BCUT2D eigenvalue weighted by Crippen LogP contribution is -2.64. The second kappa shape index (κ2) is 10.6. The minimum absolute atomic E-state index is 0.00908. The van der Waals surface area contributed by atoms with Gasteiger partial charge >= 0.3 is 0 Å². The number of primary amides is 1. The standard InChI is InChI=1S/C21H31N3O8S/c1-12(2)8-14(19(22)28)24-20(29)21(30)9-15(18(27)16(25)10-21)23-17(26)11-33(31,32)13-6-4-3-5-7-13/h3-7,12,14-16,18,25,27,30H,8-11H2,1-2H3,(H2,22,28)(H,23,26)(H,24,29)/t14-,15+,16-,18-,21-/m1/s1. The van der Waals surface area contributed by atoms with E-state index in [0.29, 0.717) is 0 Å². The summed E-state index contributed by atoms with van der Waals surface area (Å²) in [6.45, 7) is 3.62. The fraction of sp³-hybridized carbons (Fsp3) is 0.571. The molecule has 1 aromatic rings. The van der Waals surface area contributed by atoms with Crippen LogP contribution >= 0.6 is 0 Å². The van der Waals surface area contributed by atoms with Gasteiger partial charge < -0.3 is 31.7 Å². The molecule has 0 aliphatic heterocycles. The Hall–Kier alpha value is -2.54. The topological polar surface area (TPSA) is 196 Å². The number of sulfone groups is 1. The van der Waals surface area contributed by atoms with E-state index in [-0.39, 0.29) is 17.2 Å². The van der Waals surface area contributed by atoms with Crippen molar-refractivity contribution in [3.05, 3.63) is 30.3 Å². The van der Waals surface area contributed by atoms with Gasteiger partial charge in [0.25, 0.3) is 5.91 Å². The number of aliphatic hydroxyl groups is 3. The summed E-state index contributed by atoms with van der Waals surface area (Å²) in [6.07, 6.45) is -3.99. The Labute approximate surface area is 192 Å². The number of nitrogens with one attached hydrogen (secondary N) is 2. The van der Waals surface area contributed by atoms with E-state index in [1.54, 1.807) is 6.07 Å². The van der Waals surface area contributed by atoms with Crippen LogP contribution in [0, 0.1) is 5.92 Å². The molecule has 0 unspecified atom stereocenters. The van der Waals surface area contributed by atoms with Crippen LogP contribution in [-0.4, -0.2) is 77.1 Å². The third-order valence-corrected chi connectivity index (χ3v) is 7.09. The van der Waals surface area contributed by atoms with E-state index < -0.39 is 76.0 Å². The van der Waals surface area contributed by atoms with Gasteiger partial charge in [0, 0.05) is 12.8 Å². The minimum Gasteiger partial charge on any atom is -0.390 e. The molecule has 0 aromatic heterocycles. The van der Waals surface area contributed by atoms with Gasteiger partial charge in [0.15, 0.2) is 9.84 Å². The van der Waals surface area contributed by atoms with Crippen molar-refractivity contribution >= 4 is 27.6 Å². The average Bonchev–Trinajstić information content (AvgIpc) is 2.71. The van der Waals surface area contributed by atoms with Gasteiger partial charge in [0.05, 0.1) is 17.0 Å². The van der Waals surface area contributed by atoms with Crippen molar-refractivity contribution in [3.63, 3.8) is 0 Å². The van der Waals surface area contributed by atoms with E-state index >= 15 is 0 Å². The first-order valence-corrected chi connectivity index (χ1v) is 12.2. The van der Waals surface area contributed by atoms with Gasteiger partial charge in [-0.2, -0.15) is 0 Å². The Bertz CT molecular complexity index is 969. The number of amides is 3. The quantitative estimate of drug-likeness (QED) is 0.236. The molecule has 12 heteroatoms. The maximum atomic E-state index is 12.7. The van der Waals surface area contributed by atoms with Gasteiger partial charge in [-0.25, -0.2) is 8.42 Å². The molecule has 0 heterocycles. The van der Waals surface area contributed by atoms with Gasteiger partial charge in [0.1, 0.15) is 23.5 Å². The number of hydrogen-bond acceptors (Lipinski definition) is 8. The Kier molecular flexibility index (Phi) is 8.57. The number of benzene rings is 1. The van der Waals surface area contributed by atoms with E-state index in [4.69, 9.17) is 5.73 Å². The third kappa shape index (κ3) is 6.97. The predicted molar refractivity (Wildman–Crippen MR) is 117 cm³/mol. The normalized spacial score (nSPS) is 26.4. The van der Waals surface area contributed by atoms with E-state index in [1.807, 2.05) is 13.8 Å². The van der Waals surface area contributed by atoms with Gasteiger partial charge in [-0.15, -0.1) is 0 Å². The van der Waals surface area contributed by atoms with Crippen molar-refractivity contribution in [1.82, 2.24) is 10.6 Å². The molecular weight excluding hydrogens is 454 g/mol. The van der Waals surface area contributed by atoms with Gasteiger partial charge in [-0.05, 0) is 24.5 Å². The first-order valence-electron chi connectivity index (χ1n) is 10.5. The lowest BCUT2D eigenvalue weighted by atomic mass is 9.77. The zero-order chi connectivity index (χ0) is 25.0. The first-order chi connectivity index (χ1) is 15.2. The maximum Gasteiger partial charge on any atom is 0.252 e. The Morgan fingerprint density at radius 1 is 1.15 bits per heavy atom. The predicted octanol–water partition coefficient (Wildman–Crippen LogP) is -1.79. The highest BCUT2D eigenvalue weighted by atomic mass is 32.2.